The van der Waals surface area contributed by atoms with Crippen molar-refractivity contribution < 1.29 is 5.11 Å². The number of rotatable bonds is 3. The Morgan fingerprint density at radius 1 is 1.33 bits per heavy atom. The first kappa shape index (κ1) is 11.4. The van der Waals surface area contributed by atoms with Crippen molar-refractivity contribution in [2.75, 3.05) is 19.6 Å². The Bertz CT molecular complexity index is 212. The van der Waals surface area contributed by atoms with E-state index in [0.29, 0.717) is 6.04 Å². The van der Waals surface area contributed by atoms with E-state index in [-0.39, 0.29) is 11.5 Å². The van der Waals surface area contributed by atoms with Crippen LogP contribution in [0.1, 0.15) is 33.1 Å². The summed E-state index contributed by atoms with van der Waals surface area (Å²) in [4.78, 5) is 0. The first-order chi connectivity index (χ1) is 7.10. The first-order valence-electron chi connectivity index (χ1n) is 6.23. The molecule has 0 aromatic carbocycles. The van der Waals surface area contributed by atoms with Crippen molar-refractivity contribution in [2.24, 2.45) is 11.3 Å². The number of aliphatic hydroxyl groups is 1. The van der Waals surface area contributed by atoms with Gasteiger partial charge in [-0.05, 0) is 44.8 Å². The van der Waals surface area contributed by atoms with Crippen molar-refractivity contribution in [3.8, 4) is 0 Å². The van der Waals surface area contributed by atoms with Crippen LogP contribution in [0.25, 0.3) is 0 Å². The lowest BCUT2D eigenvalue weighted by Crippen LogP contribution is -2.60. The molecule has 88 valence electrons. The third kappa shape index (κ3) is 2.35. The Labute approximate surface area is 92.6 Å². The fourth-order valence-electron chi connectivity index (χ4n) is 2.64. The van der Waals surface area contributed by atoms with Crippen molar-refractivity contribution in [3.05, 3.63) is 0 Å². The second-order valence-electron chi connectivity index (χ2n) is 5.73. The minimum atomic E-state index is -0.108. The van der Waals surface area contributed by atoms with E-state index in [1.807, 2.05) is 0 Å². The molecule has 0 aromatic heterocycles. The third-order valence-corrected chi connectivity index (χ3v) is 4.33. The SMILES string of the molecule is CC1(C)C(O)CC1NCC1CCNCC1. The molecule has 15 heavy (non-hydrogen) atoms. The van der Waals surface area contributed by atoms with Gasteiger partial charge in [0.2, 0.25) is 0 Å². The van der Waals surface area contributed by atoms with Crippen molar-refractivity contribution in [3.63, 3.8) is 0 Å². The van der Waals surface area contributed by atoms with Gasteiger partial charge in [0, 0.05) is 11.5 Å². The van der Waals surface area contributed by atoms with Crippen LogP contribution >= 0.6 is 0 Å². The van der Waals surface area contributed by atoms with Crippen molar-refractivity contribution in [1.82, 2.24) is 10.6 Å². The summed E-state index contributed by atoms with van der Waals surface area (Å²) in [5.74, 6) is 0.833. The van der Waals surface area contributed by atoms with Crippen LogP contribution in [0.2, 0.25) is 0 Å². The van der Waals surface area contributed by atoms with Crippen molar-refractivity contribution in [2.45, 2.75) is 45.3 Å². The van der Waals surface area contributed by atoms with Crippen LogP contribution in [0.5, 0.6) is 0 Å². The normalized spacial score (nSPS) is 36.2. The van der Waals surface area contributed by atoms with Gasteiger partial charge >= 0.3 is 0 Å². The van der Waals surface area contributed by atoms with E-state index in [4.69, 9.17) is 0 Å². The molecule has 1 saturated carbocycles. The summed E-state index contributed by atoms with van der Waals surface area (Å²) in [6.45, 7) is 7.77. The van der Waals surface area contributed by atoms with Gasteiger partial charge in [-0.25, -0.2) is 0 Å². The molecule has 3 heteroatoms. The standard InChI is InChI=1S/C12H24N2O/c1-12(2)10(7-11(12)15)14-8-9-3-5-13-6-4-9/h9-11,13-15H,3-8H2,1-2H3. The van der Waals surface area contributed by atoms with Gasteiger partial charge in [0.25, 0.3) is 0 Å². The summed E-state index contributed by atoms with van der Waals surface area (Å²) in [6.07, 6.45) is 3.41. The van der Waals surface area contributed by atoms with E-state index in [0.717, 1.165) is 18.9 Å². The van der Waals surface area contributed by atoms with Gasteiger partial charge in [-0.1, -0.05) is 13.8 Å². The van der Waals surface area contributed by atoms with Gasteiger partial charge in [0.15, 0.2) is 0 Å². The molecule has 0 spiro atoms. The van der Waals surface area contributed by atoms with Crippen molar-refractivity contribution >= 4 is 0 Å². The molecule has 2 unspecified atom stereocenters. The number of hydrogen-bond acceptors (Lipinski definition) is 3. The largest absolute Gasteiger partial charge is 0.392 e. The van der Waals surface area contributed by atoms with Gasteiger partial charge in [-0.2, -0.15) is 0 Å². The van der Waals surface area contributed by atoms with Crippen LogP contribution in [0, 0.1) is 11.3 Å². The zero-order valence-electron chi connectivity index (χ0n) is 9.92. The second-order valence-corrected chi connectivity index (χ2v) is 5.73. The van der Waals surface area contributed by atoms with E-state index >= 15 is 0 Å². The lowest BCUT2D eigenvalue weighted by atomic mass is 9.64. The molecule has 0 radical (unpaired) electrons. The number of nitrogens with one attached hydrogen (secondary N) is 2. The average Bonchev–Trinajstić information content (AvgIpc) is 2.25. The van der Waals surface area contributed by atoms with Gasteiger partial charge in [0.1, 0.15) is 0 Å². The molecule has 1 aliphatic heterocycles. The molecule has 0 bridgehead atoms. The van der Waals surface area contributed by atoms with Crippen LogP contribution < -0.4 is 10.6 Å². The predicted octanol–water partition coefficient (Wildman–Crippen LogP) is 0.735. The van der Waals surface area contributed by atoms with Crippen LogP contribution in [0.4, 0.5) is 0 Å². The quantitative estimate of drug-likeness (QED) is 0.646. The fourth-order valence-corrected chi connectivity index (χ4v) is 2.64. The Balaban J connectivity index is 1.70. The molecule has 2 rings (SSSR count). The highest BCUT2D eigenvalue weighted by Gasteiger charge is 2.46. The predicted molar refractivity (Wildman–Crippen MR) is 61.8 cm³/mol. The Kier molecular flexibility index (Phi) is 3.33. The van der Waals surface area contributed by atoms with Crippen LogP contribution in [-0.4, -0.2) is 36.9 Å². The minimum Gasteiger partial charge on any atom is -0.392 e. The van der Waals surface area contributed by atoms with Gasteiger partial charge in [0.05, 0.1) is 6.10 Å². The van der Waals surface area contributed by atoms with E-state index in [1.54, 1.807) is 0 Å². The van der Waals surface area contributed by atoms with Gasteiger partial charge in [-0.3, -0.25) is 0 Å². The number of piperidine rings is 1. The van der Waals surface area contributed by atoms with E-state index in [9.17, 15) is 5.11 Å². The topological polar surface area (TPSA) is 44.3 Å². The summed E-state index contributed by atoms with van der Waals surface area (Å²) in [5.41, 5.74) is 0.0763. The van der Waals surface area contributed by atoms with E-state index < -0.39 is 0 Å². The third-order valence-electron chi connectivity index (χ3n) is 4.33. The Morgan fingerprint density at radius 3 is 2.53 bits per heavy atom. The lowest BCUT2D eigenvalue weighted by molar-refractivity contribution is -0.0735. The summed E-state index contributed by atoms with van der Waals surface area (Å²) in [7, 11) is 0. The number of aliphatic hydroxyl groups excluding tert-OH is 1. The molecular formula is C12H24N2O. The van der Waals surface area contributed by atoms with Crippen LogP contribution in [0.15, 0.2) is 0 Å². The van der Waals surface area contributed by atoms with Crippen molar-refractivity contribution in [1.29, 1.82) is 0 Å². The number of hydrogen-bond donors (Lipinski definition) is 3. The van der Waals surface area contributed by atoms with Crippen LogP contribution in [0.3, 0.4) is 0 Å². The van der Waals surface area contributed by atoms with Gasteiger partial charge < -0.3 is 15.7 Å². The summed E-state index contributed by atoms with van der Waals surface area (Å²) in [5, 5.41) is 16.6. The highest BCUT2D eigenvalue weighted by molar-refractivity contribution is 5.01. The zero-order chi connectivity index (χ0) is 10.9. The smallest absolute Gasteiger partial charge is 0.0621 e. The summed E-state index contributed by atoms with van der Waals surface area (Å²) < 4.78 is 0. The molecular weight excluding hydrogens is 188 g/mol. The molecule has 1 saturated heterocycles. The van der Waals surface area contributed by atoms with E-state index in [1.165, 1.54) is 25.9 Å². The summed E-state index contributed by atoms with van der Waals surface area (Å²) >= 11 is 0. The minimum absolute atomic E-state index is 0.0763. The maximum atomic E-state index is 9.63. The molecule has 3 N–H and O–H groups in total. The highest BCUT2D eigenvalue weighted by Crippen LogP contribution is 2.40. The molecule has 3 nitrogen and oxygen atoms in total. The van der Waals surface area contributed by atoms with E-state index in [2.05, 4.69) is 24.5 Å². The molecule has 0 aromatic rings. The lowest BCUT2D eigenvalue weighted by Gasteiger charge is -2.50. The zero-order valence-corrected chi connectivity index (χ0v) is 9.92. The Morgan fingerprint density at radius 2 is 2.00 bits per heavy atom. The maximum Gasteiger partial charge on any atom is 0.0621 e. The molecule has 2 aliphatic rings. The second kappa shape index (κ2) is 4.40. The molecule has 1 heterocycles. The highest BCUT2D eigenvalue weighted by atomic mass is 16.3. The molecule has 1 aliphatic carbocycles. The average molecular weight is 212 g/mol. The van der Waals surface area contributed by atoms with Crippen LogP contribution in [-0.2, 0) is 0 Å². The first-order valence-corrected chi connectivity index (χ1v) is 6.23. The monoisotopic (exact) mass is 212 g/mol. The molecule has 2 atom stereocenters. The molecule has 0 amide bonds. The fraction of sp³-hybridized carbons (Fsp3) is 1.00. The van der Waals surface area contributed by atoms with Gasteiger partial charge in [-0.15, -0.1) is 0 Å². The molecule has 2 fully saturated rings. The maximum absolute atomic E-state index is 9.63. The Hall–Kier alpha value is -0.120. The summed E-state index contributed by atoms with van der Waals surface area (Å²) in [6, 6.07) is 0.516.